The largest absolute Gasteiger partial charge is 0.444 e. The number of nitrogens with one attached hydrogen (secondary N) is 1. The van der Waals surface area contributed by atoms with Crippen molar-refractivity contribution in [3.05, 3.63) is 29.8 Å². The van der Waals surface area contributed by atoms with Crippen LogP contribution in [-0.4, -0.2) is 40.8 Å². The minimum absolute atomic E-state index is 0.0277. The fourth-order valence-electron chi connectivity index (χ4n) is 2.55. The summed E-state index contributed by atoms with van der Waals surface area (Å²) in [6.45, 7) is 7.04. The number of para-hydroxylation sites is 1. The SMILES string of the molecule is CC(C)(C)OC(=O)N1CCC(Nc2ccccc2CO)CC1. The molecular formula is C17H26N2O3. The van der Waals surface area contributed by atoms with Gasteiger partial charge in [0.15, 0.2) is 0 Å². The first-order valence-electron chi connectivity index (χ1n) is 7.82. The van der Waals surface area contributed by atoms with Gasteiger partial charge in [0.25, 0.3) is 0 Å². The molecule has 1 aromatic carbocycles. The van der Waals surface area contributed by atoms with E-state index in [1.54, 1.807) is 4.90 Å². The van der Waals surface area contributed by atoms with E-state index in [1.165, 1.54) is 0 Å². The van der Waals surface area contributed by atoms with Crippen LogP contribution in [0.5, 0.6) is 0 Å². The van der Waals surface area contributed by atoms with Gasteiger partial charge in [-0.2, -0.15) is 0 Å². The van der Waals surface area contributed by atoms with Crippen molar-refractivity contribution in [2.24, 2.45) is 0 Å². The molecular weight excluding hydrogens is 280 g/mol. The summed E-state index contributed by atoms with van der Waals surface area (Å²) in [5.41, 5.74) is 1.42. The predicted octanol–water partition coefficient (Wildman–Crippen LogP) is 2.99. The van der Waals surface area contributed by atoms with Crippen molar-refractivity contribution in [1.29, 1.82) is 0 Å². The van der Waals surface area contributed by atoms with Crippen molar-refractivity contribution < 1.29 is 14.6 Å². The number of aliphatic hydroxyl groups is 1. The Bertz CT molecular complexity index is 503. The highest BCUT2D eigenvalue weighted by atomic mass is 16.6. The first-order valence-corrected chi connectivity index (χ1v) is 7.82. The van der Waals surface area contributed by atoms with E-state index in [2.05, 4.69) is 5.32 Å². The van der Waals surface area contributed by atoms with Crippen LogP contribution < -0.4 is 5.32 Å². The molecule has 1 aliphatic heterocycles. The number of likely N-dealkylation sites (tertiary alicyclic amines) is 1. The third kappa shape index (κ3) is 4.63. The number of carbonyl (C=O) groups is 1. The van der Waals surface area contributed by atoms with Gasteiger partial charge in [-0.1, -0.05) is 18.2 Å². The van der Waals surface area contributed by atoms with Gasteiger partial charge in [-0.15, -0.1) is 0 Å². The second-order valence-corrected chi connectivity index (χ2v) is 6.70. The van der Waals surface area contributed by atoms with E-state index >= 15 is 0 Å². The summed E-state index contributed by atoms with van der Waals surface area (Å²) in [6, 6.07) is 8.08. The van der Waals surface area contributed by atoms with Crippen LogP contribution in [0.1, 0.15) is 39.2 Å². The Labute approximate surface area is 132 Å². The average molecular weight is 306 g/mol. The van der Waals surface area contributed by atoms with Crippen molar-refractivity contribution in [3.8, 4) is 0 Å². The summed E-state index contributed by atoms with van der Waals surface area (Å²) in [5.74, 6) is 0. The van der Waals surface area contributed by atoms with Crippen LogP contribution in [0.4, 0.5) is 10.5 Å². The zero-order chi connectivity index (χ0) is 16.2. The number of hydrogen-bond acceptors (Lipinski definition) is 4. The average Bonchev–Trinajstić information content (AvgIpc) is 2.47. The maximum atomic E-state index is 12.0. The second kappa shape index (κ2) is 7.01. The Balaban J connectivity index is 1.86. The smallest absolute Gasteiger partial charge is 0.410 e. The number of piperidine rings is 1. The van der Waals surface area contributed by atoms with E-state index in [0.29, 0.717) is 19.1 Å². The lowest BCUT2D eigenvalue weighted by Gasteiger charge is -2.34. The lowest BCUT2D eigenvalue weighted by Crippen LogP contribution is -2.44. The van der Waals surface area contributed by atoms with Crippen molar-refractivity contribution in [1.82, 2.24) is 4.90 Å². The summed E-state index contributed by atoms with van der Waals surface area (Å²) in [6.07, 6.45) is 1.51. The Hall–Kier alpha value is -1.75. The summed E-state index contributed by atoms with van der Waals surface area (Å²) in [4.78, 5) is 13.8. The zero-order valence-corrected chi connectivity index (χ0v) is 13.6. The Morgan fingerprint density at radius 2 is 1.95 bits per heavy atom. The van der Waals surface area contributed by atoms with E-state index in [1.807, 2.05) is 45.0 Å². The molecule has 0 atom stereocenters. The number of aliphatic hydroxyl groups excluding tert-OH is 1. The normalized spacial score (nSPS) is 16.5. The molecule has 1 saturated heterocycles. The van der Waals surface area contributed by atoms with Gasteiger partial charge in [0, 0.05) is 30.4 Å². The maximum absolute atomic E-state index is 12.0. The fraction of sp³-hybridized carbons (Fsp3) is 0.588. The number of nitrogens with zero attached hydrogens (tertiary/aromatic N) is 1. The lowest BCUT2D eigenvalue weighted by atomic mass is 10.0. The highest BCUT2D eigenvalue weighted by Crippen LogP contribution is 2.21. The highest BCUT2D eigenvalue weighted by Gasteiger charge is 2.26. The van der Waals surface area contributed by atoms with Gasteiger partial charge >= 0.3 is 6.09 Å². The van der Waals surface area contributed by atoms with Crippen molar-refractivity contribution in [3.63, 3.8) is 0 Å². The molecule has 5 heteroatoms. The van der Waals surface area contributed by atoms with E-state index in [9.17, 15) is 9.90 Å². The third-order valence-electron chi connectivity index (χ3n) is 3.69. The van der Waals surface area contributed by atoms with Crippen LogP contribution in [-0.2, 0) is 11.3 Å². The summed E-state index contributed by atoms with van der Waals surface area (Å²) < 4.78 is 5.40. The van der Waals surface area contributed by atoms with Crippen molar-refractivity contribution >= 4 is 11.8 Å². The molecule has 2 rings (SSSR count). The first kappa shape index (κ1) is 16.6. The minimum Gasteiger partial charge on any atom is -0.444 e. The van der Waals surface area contributed by atoms with Crippen LogP contribution in [0, 0.1) is 0 Å². The quantitative estimate of drug-likeness (QED) is 0.901. The molecule has 1 heterocycles. The van der Waals surface area contributed by atoms with E-state index in [-0.39, 0.29) is 12.7 Å². The molecule has 0 spiro atoms. The van der Waals surface area contributed by atoms with E-state index in [4.69, 9.17) is 4.74 Å². The molecule has 0 unspecified atom stereocenters. The molecule has 122 valence electrons. The van der Waals surface area contributed by atoms with E-state index < -0.39 is 5.60 Å². The Morgan fingerprint density at radius 1 is 1.32 bits per heavy atom. The molecule has 1 amide bonds. The zero-order valence-electron chi connectivity index (χ0n) is 13.6. The molecule has 1 aliphatic rings. The number of anilines is 1. The van der Waals surface area contributed by atoms with Crippen LogP contribution in [0.2, 0.25) is 0 Å². The van der Waals surface area contributed by atoms with E-state index in [0.717, 1.165) is 24.1 Å². The number of amides is 1. The second-order valence-electron chi connectivity index (χ2n) is 6.70. The predicted molar refractivity (Wildman–Crippen MR) is 86.8 cm³/mol. The molecule has 1 fully saturated rings. The molecule has 0 saturated carbocycles. The molecule has 2 N–H and O–H groups in total. The van der Waals surface area contributed by atoms with Crippen LogP contribution in [0.25, 0.3) is 0 Å². The molecule has 22 heavy (non-hydrogen) atoms. The van der Waals surface area contributed by atoms with Crippen molar-refractivity contribution in [2.75, 3.05) is 18.4 Å². The number of benzene rings is 1. The van der Waals surface area contributed by atoms with Crippen LogP contribution >= 0.6 is 0 Å². The van der Waals surface area contributed by atoms with Gasteiger partial charge < -0.3 is 20.1 Å². The third-order valence-corrected chi connectivity index (χ3v) is 3.69. The molecule has 1 aromatic rings. The number of hydrogen-bond donors (Lipinski definition) is 2. The van der Waals surface area contributed by atoms with Gasteiger partial charge in [-0.05, 0) is 39.7 Å². The van der Waals surface area contributed by atoms with Crippen molar-refractivity contribution in [2.45, 2.75) is 51.9 Å². The van der Waals surface area contributed by atoms with Gasteiger partial charge in [0.05, 0.1) is 6.61 Å². The topological polar surface area (TPSA) is 61.8 Å². The van der Waals surface area contributed by atoms with Gasteiger partial charge in [-0.3, -0.25) is 0 Å². The molecule has 0 radical (unpaired) electrons. The maximum Gasteiger partial charge on any atom is 0.410 e. The number of carbonyl (C=O) groups excluding carboxylic acids is 1. The molecule has 5 nitrogen and oxygen atoms in total. The number of rotatable bonds is 3. The lowest BCUT2D eigenvalue weighted by molar-refractivity contribution is 0.0210. The number of ether oxygens (including phenoxy) is 1. The summed E-state index contributed by atoms with van der Waals surface area (Å²) in [5, 5.41) is 12.8. The molecule has 0 aromatic heterocycles. The monoisotopic (exact) mass is 306 g/mol. The first-order chi connectivity index (χ1) is 10.4. The van der Waals surface area contributed by atoms with Gasteiger partial charge in [0.2, 0.25) is 0 Å². The van der Waals surface area contributed by atoms with Gasteiger partial charge in [0.1, 0.15) is 5.60 Å². The van der Waals surface area contributed by atoms with Crippen LogP contribution in [0.3, 0.4) is 0 Å². The van der Waals surface area contributed by atoms with Crippen LogP contribution in [0.15, 0.2) is 24.3 Å². The molecule has 0 aliphatic carbocycles. The Morgan fingerprint density at radius 3 is 2.55 bits per heavy atom. The molecule has 0 bridgehead atoms. The summed E-state index contributed by atoms with van der Waals surface area (Å²) in [7, 11) is 0. The summed E-state index contributed by atoms with van der Waals surface area (Å²) >= 11 is 0. The minimum atomic E-state index is -0.452. The Kier molecular flexibility index (Phi) is 5.29. The standard InChI is InChI=1S/C17H26N2O3/c1-17(2,3)22-16(21)19-10-8-14(9-11-19)18-15-7-5-4-6-13(15)12-20/h4-7,14,18,20H,8-12H2,1-3H3. The highest BCUT2D eigenvalue weighted by molar-refractivity contribution is 5.68. The van der Waals surface area contributed by atoms with Gasteiger partial charge in [-0.25, -0.2) is 4.79 Å². The fourth-order valence-corrected chi connectivity index (χ4v) is 2.55.